The molecule has 138 valence electrons. The first-order valence-electron chi connectivity index (χ1n) is 9.15. The molecule has 1 aromatic carbocycles. The highest BCUT2D eigenvalue weighted by Crippen LogP contribution is 2.13. The smallest absolute Gasteiger partial charge is 0.251 e. The standard InChI is InChI=1S/C19H29N3O3/c1-3-16(22-11-5-6-12-22)13-20-18(23)14-21-19(24)15-7-9-17(10-8-15)25-4-2/h7-10,16H,3-6,11-14H2,1-2H3,(H,20,23)(H,21,24). The summed E-state index contributed by atoms with van der Waals surface area (Å²) >= 11 is 0. The van der Waals surface area contributed by atoms with E-state index >= 15 is 0 Å². The fraction of sp³-hybridized carbons (Fsp3) is 0.579. The van der Waals surface area contributed by atoms with Gasteiger partial charge in [-0.1, -0.05) is 6.92 Å². The minimum absolute atomic E-state index is 0.0114. The monoisotopic (exact) mass is 347 g/mol. The molecule has 0 bridgehead atoms. The number of likely N-dealkylation sites (tertiary alicyclic amines) is 1. The number of amides is 2. The van der Waals surface area contributed by atoms with Crippen LogP contribution in [-0.2, 0) is 4.79 Å². The van der Waals surface area contributed by atoms with Crippen LogP contribution in [0.3, 0.4) is 0 Å². The zero-order valence-corrected chi connectivity index (χ0v) is 15.2. The Labute approximate surface area is 149 Å². The molecular weight excluding hydrogens is 318 g/mol. The number of ether oxygens (including phenoxy) is 1. The van der Waals surface area contributed by atoms with E-state index in [9.17, 15) is 9.59 Å². The maximum absolute atomic E-state index is 12.1. The third kappa shape index (κ3) is 6.05. The van der Waals surface area contributed by atoms with Gasteiger partial charge in [0.15, 0.2) is 0 Å². The fourth-order valence-corrected chi connectivity index (χ4v) is 3.06. The average Bonchev–Trinajstić information content (AvgIpc) is 3.15. The molecule has 0 spiro atoms. The summed E-state index contributed by atoms with van der Waals surface area (Å²) in [7, 11) is 0. The second kappa shape index (κ2) is 10.0. The number of hydrogen-bond donors (Lipinski definition) is 2. The van der Waals surface area contributed by atoms with E-state index in [2.05, 4.69) is 22.5 Å². The zero-order chi connectivity index (χ0) is 18.1. The number of nitrogens with zero attached hydrogens (tertiary/aromatic N) is 1. The second-order valence-electron chi connectivity index (χ2n) is 6.25. The normalized spacial score (nSPS) is 15.6. The van der Waals surface area contributed by atoms with E-state index in [0.717, 1.165) is 25.3 Å². The highest BCUT2D eigenvalue weighted by Gasteiger charge is 2.20. The first-order valence-corrected chi connectivity index (χ1v) is 9.15. The zero-order valence-electron chi connectivity index (χ0n) is 15.2. The topological polar surface area (TPSA) is 70.7 Å². The summed E-state index contributed by atoms with van der Waals surface area (Å²) in [5.74, 6) is 0.311. The number of rotatable bonds is 9. The summed E-state index contributed by atoms with van der Waals surface area (Å²) in [6.07, 6.45) is 3.49. The molecular formula is C19H29N3O3. The Bertz CT molecular complexity index is 554. The second-order valence-corrected chi connectivity index (χ2v) is 6.25. The van der Waals surface area contributed by atoms with Crippen molar-refractivity contribution in [2.45, 2.75) is 39.2 Å². The van der Waals surface area contributed by atoms with Crippen molar-refractivity contribution >= 4 is 11.8 Å². The Morgan fingerprint density at radius 2 is 1.80 bits per heavy atom. The van der Waals surface area contributed by atoms with E-state index in [-0.39, 0.29) is 18.4 Å². The predicted molar refractivity (Wildman–Crippen MR) is 97.8 cm³/mol. The Morgan fingerprint density at radius 3 is 2.40 bits per heavy atom. The molecule has 2 N–H and O–H groups in total. The van der Waals surface area contributed by atoms with Gasteiger partial charge in [0, 0.05) is 18.2 Å². The van der Waals surface area contributed by atoms with Crippen LogP contribution in [0.25, 0.3) is 0 Å². The quantitative estimate of drug-likeness (QED) is 0.715. The lowest BCUT2D eigenvalue weighted by atomic mass is 10.2. The van der Waals surface area contributed by atoms with Gasteiger partial charge in [-0.3, -0.25) is 14.5 Å². The van der Waals surface area contributed by atoms with E-state index in [1.54, 1.807) is 24.3 Å². The number of nitrogens with one attached hydrogen (secondary N) is 2. The molecule has 1 aliphatic rings. The summed E-state index contributed by atoms with van der Waals surface area (Å²) in [4.78, 5) is 26.5. The molecule has 1 aromatic rings. The fourth-order valence-electron chi connectivity index (χ4n) is 3.06. The summed E-state index contributed by atoms with van der Waals surface area (Å²) in [5, 5.41) is 5.58. The van der Waals surface area contributed by atoms with Gasteiger partial charge in [0.05, 0.1) is 13.2 Å². The molecule has 2 rings (SSSR count). The molecule has 6 heteroatoms. The molecule has 0 aromatic heterocycles. The Hall–Kier alpha value is -2.08. The van der Waals surface area contributed by atoms with E-state index in [4.69, 9.17) is 4.74 Å². The van der Waals surface area contributed by atoms with E-state index in [1.165, 1.54) is 12.8 Å². The van der Waals surface area contributed by atoms with Gasteiger partial charge in [-0.05, 0) is 63.5 Å². The van der Waals surface area contributed by atoms with Crippen LogP contribution in [0.15, 0.2) is 24.3 Å². The first-order chi connectivity index (χ1) is 12.1. The van der Waals surface area contributed by atoms with Gasteiger partial charge in [-0.2, -0.15) is 0 Å². The Morgan fingerprint density at radius 1 is 1.12 bits per heavy atom. The molecule has 25 heavy (non-hydrogen) atoms. The van der Waals surface area contributed by atoms with Crippen LogP contribution in [0.2, 0.25) is 0 Å². The SMILES string of the molecule is CCOc1ccc(C(=O)NCC(=O)NCC(CC)N2CCCC2)cc1. The molecule has 1 fully saturated rings. The third-order valence-corrected chi connectivity index (χ3v) is 4.50. The summed E-state index contributed by atoms with van der Waals surface area (Å²) in [5.41, 5.74) is 0.514. The number of benzene rings is 1. The molecule has 1 unspecified atom stereocenters. The Kier molecular flexibility index (Phi) is 7.73. The van der Waals surface area contributed by atoms with Crippen LogP contribution < -0.4 is 15.4 Å². The molecule has 0 radical (unpaired) electrons. The van der Waals surface area contributed by atoms with Gasteiger partial charge in [-0.25, -0.2) is 0 Å². The molecule has 1 heterocycles. The molecule has 1 saturated heterocycles. The summed E-state index contributed by atoms with van der Waals surface area (Å²) in [6.45, 7) is 7.49. The molecule has 0 aliphatic carbocycles. The average molecular weight is 347 g/mol. The van der Waals surface area contributed by atoms with Crippen molar-refractivity contribution in [2.24, 2.45) is 0 Å². The minimum Gasteiger partial charge on any atom is -0.494 e. The maximum Gasteiger partial charge on any atom is 0.251 e. The van der Waals surface area contributed by atoms with Gasteiger partial charge >= 0.3 is 0 Å². The lowest BCUT2D eigenvalue weighted by Gasteiger charge is -2.26. The van der Waals surface area contributed by atoms with Crippen molar-refractivity contribution in [1.82, 2.24) is 15.5 Å². The van der Waals surface area contributed by atoms with Crippen molar-refractivity contribution in [3.8, 4) is 5.75 Å². The van der Waals surface area contributed by atoms with E-state index < -0.39 is 0 Å². The van der Waals surface area contributed by atoms with Crippen LogP contribution in [0.5, 0.6) is 5.75 Å². The lowest BCUT2D eigenvalue weighted by Crippen LogP contribution is -2.45. The molecule has 0 saturated carbocycles. The number of hydrogen-bond acceptors (Lipinski definition) is 4. The van der Waals surface area contributed by atoms with Gasteiger partial charge in [-0.15, -0.1) is 0 Å². The van der Waals surface area contributed by atoms with Crippen LogP contribution in [0.1, 0.15) is 43.5 Å². The molecule has 6 nitrogen and oxygen atoms in total. The Balaban J connectivity index is 1.72. The molecule has 1 atom stereocenters. The molecule has 2 amide bonds. The largest absolute Gasteiger partial charge is 0.494 e. The summed E-state index contributed by atoms with van der Waals surface area (Å²) in [6, 6.07) is 7.27. The van der Waals surface area contributed by atoms with Gasteiger partial charge in [0.2, 0.25) is 5.91 Å². The molecule has 1 aliphatic heterocycles. The van der Waals surface area contributed by atoms with Crippen molar-refractivity contribution in [2.75, 3.05) is 32.8 Å². The van der Waals surface area contributed by atoms with Gasteiger partial charge < -0.3 is 15.4 Å². The third-order valence-electron chi connectivity index (χ3n) is 4.50. The van der Waals surface area contributed by atoms with Crippen molar-refractivity contribution < 1.29 is 14.3 Å². The van der Waals surface area contributed by atoms with Crippen molar-refractivity contribution in [1.29, 1.82) is 0 Å². The van der Waals surface area contributed by atoms with Crippen LogP contribution in [0.4, 0.5) is 0 Å². The minimum atomic E-state index is -0.259. The van der Waals surface area contributed by atoms with Gasteiger partial charge in [0.1, 0.15) is 5.75 Å². The van der Waals surface area contributed by atoms with Crippen LogP contribution >= 0.6 is 0 Å². The van der Waals surface area contributed by atoms with Crippen molar-refractivity contribution in [3.05, 3.63) is 29.8 Å². The van der Waals surface area contributed by atoms with Crippen LogP contribution in [-0.4, -0.2) is 55.5 Å². The van der Waals surface area contributed by atoms with Gasteiger partial charge in [0.25, 0.3) is 5.91 Å². The van der Waals surface area contributed by atoms with Crippen LogP contribution in [0, 0.1) is 0 Å². The number of carbonyl (C=O) groups is 2. The maximum atomic E-state index is 12.1. The first kappa shape index (κ1) is 19.2. The van der Waals surface area contributed by atoms with E-state index in [1.807, 2.05) is 6.92 Å². The highest BCUT2D eigenvalue weighted by atomic mass is 16.5. The van der Waals surface area contributed by atoms with E-state index in [0.29, 0.717) is 24.8 Å². The number of carbonyl (C=O) groups excluding carboxylic acids is 2. The summed E-state index contributed by atoms with van der Waals surface area (Å²) < 4.78 is 5.35. The van der Waals surface area contributed by atoms with Crippen molar-refractivity contribution in [3.63, 3.8) is 0 Å². The lowest BCUT2D eigenvalue weighted by molar-refractivity contribution is -0.120. The highest BCUT2D eigenvalue weighted by molar-refractivity contribution is 5.96. The predicted octanol–water partition coefficient (Wildman–Crippen LogP) is 1.81.